The molecule has 2 rings (SSSR count). The summed E-state index contributed by atoms with van der Waals surface area (Å²) in [5, 5.41) is 5.71. The topological polar surface area (TPSA) is 50.4 Å². The maximum absolute atomic E-state index is 12.0. The van der Waals surface area contributed by atoms with Gasteiger partial charge in [0.25, 0.3) is 0 Å². The van der Waals surface area contributed by atoms with Gasteiger partial charge in [-0.05, 0) is 43.7 Å². The van der Waals surface area contributed by atoms with E-state index in [0.717, 1.165) is 17.0 Å². The van der Waals surface area contributed by atoms with Crippen molar-refractivity contribution < 1.29 is 9.53 Å². The van der Waals surface area contributed by atoms with E-state index < -0.39 is 0 Å². The van der Waals surface area contributed by atoms with Crippen molar-refractivity contribution in [3.8, 4) is 5.75 Å². The molecule has 0 aromatic heterocycles. The number of carbonyl (C=O) groups excluding carboxylic acids is 1. The van der Waals surface area contributed by atoms with Gasteiger partial charge in [-0.25, -0.2) is 4.79 Å². The van der Waals surface area contributed by atoms with Crippen molar-refractivity contribution in [1.82, 2.24) is 5.32 Å². The largest absolute Gasteiger partial charge is 0.497 e. The van der Waals surface area contributed by atoms with Crippen LogP contribution < -0.4 is 15.4 Å². The maximum atomic E-state index is 12.0. The normalized spacial score (nSPS) is 11.6. The SMILES string of the molecule is COc1ccc(NC(=O)NC(C)c2ccc(C)cc2)cc1. The first-order chi connectivity index (χ1) is 10.1. The van der Waals surface area contributed by atoms with Crippen LogP contribution in [0, 0.1) is 6.92 Å². The average molecular weight is 284 g/mol. The number of methoxy groups -OCH3 is 1. The maximum Gasteiger partial charge on any atom is 0.319 e. The minimum Gasteiger partial charge on any atom is -0.497 e. The Balaban J connectivity index is 1.92. The molecule has 0 fully saturated rings. The predicted molar refractivity (Wildman–Crippen MR) is 84.7 cm³/mol. The summed E-state index contributed by atoms with van der Waals surface area (Å²) >= 11 is 0. The fourth-order valence-corrected chi connectivity index (χ4v) is 1.98. The molecule has 2 N–H and O–H groups in total. The van der Waals surface area contributed by atoms with Crippen LogP contribution in [-0.4, -0.2) is 13.1 Å². The van der Waals surface area contributed by atoms with Crippen molar-refractivity contribution in [1.29, 1.82) is 0 Å². The number of carbonyl (C=O) groups is 1. The Morgan fingerprint density at radius 1 is 1.05 bits per heavy atom. The number of anilines is 1. The first-order valence-corrected chi connectivity index (χ1v) is 6.86. The molecule has 1 atom stereocenters. The number of aryl methyl sites for hydroxylation is 1. The van der Waals surface area contributed by atoms with Crippen molar-refractivity contribution in [2.24, 2.45) is 0 Å². The quantitative estimate of drug-likeness (QED) is 0.895. The smallest absolute Gasteiger partial charge is 0.319 e. The summed E-state index contributed by atoms with van der Waals surface area (Å²) in [6.45, 7) is 4.00. The zero-order valence-electron chi connectivity index (χ0n) is 12.5. The van der Waals surface area contributed by atoms with E-state index in [1.54, 1.807) is 31.4 Å². The molecular formula is C17H20N2O2. The highest BCUT2D eigenvalue weighted by molar-refractivity contribution is 5.89. The average Bonchev–Trinajstić information content (AvgIpc) is 2.48. The van der Waals surface area contributed by atoms with E-state index in [4.69, 9.17) is 4.74 Å². The van der Waals surface area contributed by atoms with Gasteiger partial charge in [-0.15, -0.1) is 0 Å². The third-order valence-corrected chi connectivity index (χ3v) is 3.27. The molecule has 1 unspecified atom stereocenters. The zero-order valence-corrected chi connectivity index (χ0v) is 12.5. The second-order valence-corrected chi connectivity index (χ2v) is 4.96. The van der Waals surface area contributed by atoms with Crippen LogP contribution in [0.5, 0.6) is 5.75 Å². The Labute approximate surface area is 125 Å². The molecule has 4 nitrogen and oxygen atoms in total. The van der Waals surface area contributed by atoms with Crippen molar-refractivity contribution in [3.63, 3.8) is 0 Å². The second kappa shape index (κ2) is 6.79. The molecule has 2 amide bonds. The summed E-state index contributed by atoms with van der Waals surface area (Å²) in [5.41, 5.74) is 3.00. The van der Waals surface area contributed by atoms with E-state index in [2.05, 4.69) is 10.6 Å². The zero-order chi connectivity index (χ0) is 15.2. The van der Waals surface area contributed by atoms with Gasteiger partial charge in [0.15, 0.2) is 0 Å². The number of hydrogen-bond acceptors (Lipinski definition) is 2. The lowest BCUT2D eigenvalue weighted by atomic mass is 10.1. The van der Waals surface area contributed by atoms with Crippen molar-refractivity contribution in [3.05, 3.63) is 59.7 Å². The van der Waals surface area contributed by atoms with Crippen LogP contribution in [0.2, 0.25) is 0 Å². The number of ether oxygens (including phenoxy) is 1. The minimum absolute atomic E-state index is 0.0520. The van der Waals surface area contributed by atoms with Gasteiger partial charge in [0.1, 0.15) is 5.75 Å². The Morgan fingerprint density at radius 2 is 1.67 bits per heavy atom. The van der Waals surface area contributed by atoms with Crippen LogP contribution in [0.15, 0.2) is 48.5 Å². The molecular weight excluding hydrogens is 264 g/mol. The Kier molecular flexibility index (Phi) is 4.82. The molecule has 0 saturated carbocycles. The van der Waals surface area contributed by atoms with Crippen molar-refractivity contribution in [2.45, 2.75) is 19.9 Å². The third-order valence-electron chi connectivity index (χ3n) is 3.27. The summed E-state index contributed by atoms with van der Waals surface area (Å²) in [5.74, 6) is 0.758. The molecule has 110 valence electrons. The van der Waals surface area contributed by atoms with E-state index in [1.165, 1.54) is 5.56 Å². The molecule has 2 aromatic carbocycles. The van der Waals surface area contributed by atoms with Crippen LogP contribution in [0.3, 0.4) is 0 Å². The van der Waals surface area contributed by atoms with Crippen LogP contribution in [-0.2, 0) is 0 Å². The molecule has 0 spiro atoms. The van der Waals surface area contributed by atoms with Crippen LogP contribution in [0.25, 0.3) is 0 Å². The number of amides is 2. The number of nitrogens with one attached hydrogen (secondary N) is 2. The summed E-state index contributed by atoms with van der Waals surface area (Å²) in [4.78, 5) is 12.0. The molecule has 0 radical (unpaired) electrons. The van der Waals surface area contributed by atoms with Crippen LogP contribution in [0.4, 0.5) is 10.5 Å². The molecule has 0 aliphatic carbocycles. The Bertz CT molecular complexity index is 591. The lowest BCUT2D eigenvalue weighted by Gasteiger charge is -2.15. The van der Waals surface area contributed by atoms with Gasteiger partial charge in [-0.2, -0.15) is 0 Å². The second-order valence-electron chi connectivity index (χ2n) is 4.96. The van der Waals surface area contributed by atoms with Crippen molar-refractivity contribution >= 4 is 11.7 Å². The minimum atomic E-state index is -0.228. The lowest BCUT2D eigenvalue weighted by Crippen LogP contribution is -2.31. The third kappa shape index (κ3) is 4.24. The summed E-state index contributed by atoms with van der Waals surface area (Å²) in [7, 11) is 1.61. The molecule has 4 heteroatoms. The van der Waals surface area contributed by atoms with E-state index in [-0.39, 0.29) is 12.1 Å². The van der Waals surface area contributed by atoms with Crippen molar-refractivity contribution in [2.75, 3.05) is 12.4 Å². The van der Waals surface area contributed by atoms with Gasteiger partial charge in [0, 0.05) is 5.69 Å². The highest BCUT2D eigenvalue weighted by atomic mass is 16.5. The van der Waals surface area contributed by atoms with Crippen LogP contribution in [0.1, 0.15) is 24.1 Å². The molecule has 2 aromatic rings. The molecule has 21 heavy (non-hydrogen) atoms. The Morgan fingerprint density at radius 3 is 2.24 bits per heavy atom. The van der Waals surface area contributed by atoms with Crippen LogP contribution >= 0.6 is 0 Å². The van der Waals surface area contributed by atoms with Gasteiger partial charge < -0.3 is 15.4 Å². The number of hydrogen-bond donors (Lipinski definition) is 2. The van der Waals surface area contributed by atoms with Gasteiger partial charge in [0.2, 0.25) is 0 Å². The number of urea groups is 1. The number of benzene rings is 2. The Hall–Kier alpha value is -2.49. The highest BCUT2D eigenvalue weighted by Crippen LogP contribution is 2.16. The van der Waals surface area contributed by atoms with E-state index in [0.29, 0.717) is 0 Å². The summed E-state index contributed by atoms with van der Waals surface area (Å²) in [6.07, 6.45) is 0. The highest BCUT2D eigenvalue weighted by Gasteiger charge is 2.09. The molecule has 0 aliphatic rings. The fraction of sp³-hybridized carbons (Fsp3) is 0.235. The van der Waals surface area contributed by atoms with Gasteiger partial charge in [-0.3, -0.25) is 0 Å². The summed E-state index contributed by atoms with van der Waals surface area (Å²) < 4.78 is 5.08. The lowest BCUT2D eigenvalue weighted by molar-refractivity contribution is 0.249. The van der Waals surface area contributed by atoms with Gasteiger partial charge in [0.05, 0.1) is 13.2 Å². The first kappa shape index (κ1) is 14.9. The standard InChI is InChI=1S/C17H20N2O2/c1-12-4-6-14(7-5-12)13(2)18-17(20)19-15-8-10-16(21-3)11-9-15/h4-11,13H,1-3H3,(H2,18,19,20). The molecule has 0 saturated heterocycles. The first-order valence-electron chi connectivity index (χ1n) is 6.86. The number of rotatable bonds is 4. The van der Waals surface area contributed by atoms with Gasteiger partial charge in [-0.1, -0.05) is 29.8 Å². The van der Waals surface area contributed by atoms with E-state index >= 15 is 0 Å². The molecule has 0 bridgehead atoms. The molecule has 0 heterocycles. The molecule has 0 aliphatic heterocycles. The monoisotopic (exact) mass is 284 g/mol. The summed E-state index contributed by atoms with van der Waals surface area (Å²) in [6, 6.07) is 15.0. The van der Waals surface area contributed by atoms with E-state index in [9.17, 15) is 4.79 Å². The van der Waals surface area contributed by atoms with E-state index in [1.807, 2.05) is 38.1 Å². The van der Waals surface area contributed by atoms with Gasteiger partial charge >= 0.3 is 6.03 Å². The predicted octanol–water partition coefficient (Wildman–Crippen LogP) is 3.89. The fourth-order valence-electron chi connectivity index (χ4n) is 1.98.